The summed E-state index contributed by atoms with van der Waals surface area (Å²) in [5.74, 6) is 0.634. The van der Waals surface area contributed by atoms with Crippen LogP contribution in [0.3, 0.4) is 0 Å². The summed E-state index contributed by atoms with van der Waals surface area (Å²) in [5, 5.41) is 3.37. The lowest BCUT2D eigenvalue weighted by atomic mass is 10.2. The molecule has 0 spiro atoms. The highest BCUT2D eigenvalue weighted by Gasteiger charge is 2.13. The summed E-state index contributed by atoms with van der Waals surface area (Å²) in [4.78, 5) is 9.52. The maximum Gasteiger partial charge on any atom is 0.157 e. The van der Waals surface area contributed by atoms with Gasteiger partial charge in [-0.05, 0) is 32.2 Å². The van der Waals surface area contributed by atoms with Gasteiger partial charge in [0.2, 0.25) is 0 Å². The first-order valence-electron chi connectivity index (χ1n) is 4.99. The van der Waals surface area contributed by atoms with E-state index in [1.54, 1.807) is 11.3 Å². The third kappa shape index (κ3) is 2.70. The van der Waals surface area contributed by atoms with Crippen molar-refractivity contribution in [2.24, 2.45) is 0 Å². The van der Waals surface area contributed by atoms with Crippen molar-refractivity contribution in [1.82, 2.24) is 9.97 Å². The minimum Gasteiger partial charge on any atom is -0.368 e. The van der Waals surface area contributed by atoms with Crippen LogP contribution >= 0.6 is 22.9 Å². The number of aromatic nitrogens is 2. The molecule has 0 saturated heterocycles. The summed E-state index contributed by atoms with van der Waals surface area (Å²) in [5.41, 5.74) is -0.194. The van der Waals surface area contributed by atoms with Crippen LogP contribution in [0.5, 0.6) is 0 Å². The Morgan fingerprint density at radius 1 is 1.38 bits per heavy atom. The Kier molecular flexibility index (Phi) is 3.15. The molecule has 0 aliphatic rings. The average Bonchev–Trinajstić information content (AvgIpc) is 2.62. The van der Waals surface area contributed by atoms with E-state index in [9.17, 15) is 0 Å². The Bertz CT molecular complexity index is 504. The molecule has 0 aliphatic heterocycles. The zero-order chi connectivity index (χ0) is 11.8. The normalized spacial score (nSPS) is 12.2. The van der Waals surface area contributed by atoms with Crippen LogP contribution in [0.2, 0.25) is 5.15 Å². The van der Waals surface area contributed by atoms with Crippen LogP contribution in [0.15, 0.2) is 11.4 Å². The first kappa shape index (κ1) is 11.8. The number of hydrogen-bond acceptors (Lipinski definition) is 4. The average molecular weight is 257 g/mol. The largest absolute Gasteiger partial charge is 0.368 e. The molecule has 2 rings (SSSR count). The monoisotopic (exact) mass is 256 g/mol. The molecule has 0 radical (unpaired) electrons. The first-order chi connectivity index (χ1) is 7.46. The Hall–Kier alpha value is -0.710. The fourth-order valence-corrected chi connectivity index (χ4v) is 2.30. The van der Waals surface area contributed by atoms with E-state index in [2.05, 4.69) is 9.97 Å². The highest BCUT2D eigenvalue weighted by atomic mass is 35.5. The summed E-state index contributed by atoms with van der Waals surface area (Å²) in [6.45, 7) is 6.38. The minimum absolute atomic E-state index is 0.194. The number of halogens is 1. The summed E-state index contributed by atoms with van der Waals surface area (Å²) < 4.78 is 5.62. The second-order valence-electron chi connectivity index (χ2n) is 4.47. The number of nitrogens with zero attached hydrogens (tertiary/aromatic N) is 2. The van der Waals surface area contributed by atoms with Gasteiger partial charge in [0.25, 0.3) is 0 Å². The quantitative estimate of drug-likeness (QED) is 0.769. The van der Waals surface area contributed by atoms with Crippen molar-refractivity contribution in [3.8, 4) is 0 Å². The van der Waals surface area contributed by atoms with E-state index in [4.69, 9.17) is 16.3 Å². The Morgan fingerprint density at radius 2 is 2.12 bits per heavy atom. The molecule has 0 aromatic carbocycles. The van der Waals surface area contributed by atoms with E-state index in [1.165, 1.54) is 0 Å². The molecule has 86 valence electrons. The van der Waals surface area contributed by atoms with Crippen LogP contribution in [0.1, 0.15) is 26.6 Å². The molecule has 5 heteroatoms. The first-order valence-corrected chi connectivity index (χ1v) is 6.25. The number of fused-ring (bicyclic) bond motifs is 1. The predicted molar refractivity (Wildman–Crippen MR) is 67.0 cm³/mol. The molecule has 16 heavy (non-hydrogen) atoms. The molecule has 0 fully saturated rings. The van der Waals surface area contributed by atoms with Crippen molar-refractivity contribution in [2.75, 3.05) is 0 Å². The van der Waals surface area contributed by atoms with Gasteiger partial charge in [0, 0.05) is 5.39 Å². The van der Waals surface area contributed by atoms with Crippen LogP contribution in [0.25, 0.3) is 10.2 Å². The number of rotatable bonds is 2. The minimum atomic E-state index is -0.194. The number of hydrogen-bond donors (Lipinski definition) is 0. The van der Waals surface area contributed by atoms with E-state index >= 15 is 0 Å². The van der Waals surface area contributed by atoms with Crippen LogP contribution in [0.4, 0.5) is 0 Å². The maximum absolute atomic E-state index is 6.05. The zero-order valence-corrected chi connectivity index (χ0v) is 11.0. The number of thiophene rings is 1. The van der Waals surface area contributed by atoms with Crippen molar-refractivity contribution in [2.45, 2.75) is 33.0 Å². The molecule has 0 N–H and O–H groups in total. The maximum atomic E-state index is 6.05. The van der Waals surface area contributed by atoms with Gasteiger partial charge in [0.15, 0.2) is 5.82 Å². The van der Waals surface area contributed by atoms with E-state index in [0.717, 1.165) is 10.2 Å². The molecular weight excluding hydrogens is 244 g/mol. The van der Waals surface area contributed by atoms with Gasteiger partial charge in [-0.15, -0.1) is 11.3 Å². The molecule has 0 bridgehead atoms. The molecule has 3 nitrogen and oxygen atoms in total. The van der Waals surface area contributed by atoms with Gasteiger partial charge >= 0.3 is 0 Å². The van der Waals surface area contributed by atoms with E-state index in [1.807, 2.05) is 32.2 Å². The molecule has 2 aromatic heterocycles. The van der Waals surface area contributed by atoms with Gasteiger partial charge in [0.05, 0.1) is 5.60 Å². The van der Waals surface area contributed by atoms with E-state index < -0.39 is 0 Å². The summed E-state index contributed by atoms with van der Waals surface area (Å²) in [6, 6.07) is 1.93. The smallest absolute Gasteiger partial charge is 0.157 e. The van der Waals surface area contributed by atoms with Crippen molar-refractivity contribution >= 4 is 33.2 Å². The summed E-state index contributed by atoms with van der Waals surface area (Å²) in [6.07, 6.45) is 0. The van der Waals surface area contributed by atoms with E-state index in [0.29, 0.717) is 17.6 Å². The second kappa shape index (κ2) is 4.28. The van der Waals surface area contributed by atoms with Crippen molar-refractivity contribution in [3.05, 3.63) is 22.4 Å². The summed E-state index contributed by atoms with van der Waals surface area (Å²) >= 11 is 7.61. The van der Waals surface area contributed by atoms with Crippen LogP contribution in [-0.4, -0.2) is 15.6 Å². The van der Waals surface area contributed by atoms with Crippen LogP contribution < -0.4 is 0 Å². The predicted octanol–water partition coefficient (Wildman–Crippen LogP) is 3.66. The molecule has 0 atom stereocenters. The molecular formula is C11H13ClN2OS. The lowest BCUT2D eigenvalue weighted by molar-refractivity contribution is -0.0179. The summed E-state index contributed by atoms with van der Waals surface area (Å²) in [7, 11) is 0. The van der Waals surface area contributed by atoms with Crippen molar-refractivity contribution in [3.63, 3.8) is 0 Å². The number of ether oxygens (including phenoxy) is 1. The zero-order valence-electron chi connectivity index (χ0n) is 9.45. The van der Waals surface area contributed by atoms with Crippen molar-refractivity contribution in [1.29, 1.82) is 0 Å². The standard InChI is InChI=1S/C11H13ClN2OS/c1-11(2,3)15-6-8-13-9(12)7-4-5-16-10(7)14-8/h4-5H,6H2,1-3H3. The highest BCUT2D eigenvalue weighted by molar-refractivity contribution is 7.16. The lowest BCUT2D eigenvalue weighted by Crippen LogP contribution is -2.19. The van der Waals surface area contributed by atoms with Gasteiger partial charge < -0.3 is 4.74 Å². The van der Waals surface area contributed by atoms with Crippen molar-refractivity contribution < 1.29 is 4.74 Å². The van der Waals surface area contributed by atoms with Crippen LogP contribution in [-0.2, 0) is 11.3 Å². The van der Waals surface area contributed by atoms with Crippen LogP contribution in [0, 0.1) is 0 Å². The fraction of sp³-hybridized carbons (Fsp3) is 0.455. The molecule has 2 aromatic rings. The van der Waals surface area contributed by atoms with Gasteiger partial charge in [-0.1, -0.05) is 11.6 Å². The SMILES string of the molecule is CC(C)(C)OCc1nc(Cl)c2ccsc2n1. The topological polar surface area (TPSA) is 35.0 Å². The molecule has 0 unspecified atom stereocenters. The van der Waals surface area contributed by atoms with E-state index in [-0.39, 0.29) is 5.60 Å². The Labute approximate surface area is 103 Å². The van der Waals surface area contributed by atoms with Gasteiger partial charge in [0.1, 0.15) is 16.6 Å². The fourth-order valence-electron chi connectivity index (χ4n) is 1.21. The van der Waals surface area contributed by atoms with Gasteiger partial charge in [-0.3, -0.25) is 0 Å². The third-order valence-electron chi connectivity index (χ3n) is 1.96. The molecule has 0 aliphatic carbocycles. The Balaban J connectivity index is 2.25. The second-order valence-corrected chi connectivity index (χ2v) is 5.72. The Morgan fingerprint density at radius 3 is 2.81 bits per heavy atom. The lowest BCUT2D eigenvalue weighted by Gasteiger charge is -2.18. The highest BCUT2D eigenvalue weighted by Crippen LogP contribution is 2.25. The molecule has 2 heterocycles. The third-order valence-corrected chi connectivity index (χ3v) is 3.05. The van der Waals surface area contributed by atoms with Gasteiger partial charge in [-0.2, -0.15) is 0 Å². The molecule has 0 amide bonds. The molecule has 0 saturated carbocycles. The van der Waals surface area contributed by atoms with Gasteiger partial charge in [-0.25, -0.2) is 9.97 Å².